The first kappa shape index (κ1) is 52.7. The molecule has 4 aliphatic carbocycles. The van der Waals surface area contributed by atoms with E-state index in [-0.39, 0.29) is 30.6 Å². The smallest absolute Gasteiger partial charge is 0.203 e. The van der Waals surface area contributed by atoms with Gasteiger partial charge in [0.2, 0.25) is 5.79 Å². The highest BCUT2D eigenvalue weighted by Crippen LogP contribution is 2.64. The molecule has 6 saturated heterocycles. The number of fused-ring (bicyclic) bond motifs is 6. The van der Waals surface area contributed by atoms with Gasteiger partial charge in [-0.15, -0.1) is 0 Å². The molecule has 0 amide bonds. The molecule has 0 aromatic carbocycles. The predicted octanol–water partition coefficient (Wildman–Crippen LogP) is -5.30. The summed E-state index contributed by atoms with van der Waals surface area (Å²) >= 11 is 0. The van der Waals surface area contributed by atoms with E-state index in [0.29, 0.717) is 31.3 Å². The van der Waals surface area contributed by atoms with Gasteiger partial charge < -0.3 is 114 Å². The van der Waals surface area contributed by atoms with Crippen LogP contribution in [0.15, 0.2) is 22.8 Å². The van der Waals surface area contributed by atoms with E-state index in [0.717, 1.165) is 11.1 Å². The van der Waals surface area contributed by atoms with Crippen LogP contribution in [-0.2, 0) is 52.2 Å². The highest BCUT2D eigenvalue weighted by atomic mass is 16.8. The van der Waals surface area contributed by atoms with Crippen molar-refractivity contribution in [1.82, 2.24) is 0 Å². The molecule has 1 saturated carbocycles. The minimum atomic E-state index is -2.11. The standard InChI is InChI=1S/C47H70O24/c1-16-11-65-47(39(59)29(16)53)23(10-48)28-21-6-7-22-20(27(21)32(56)36(28)71-47)5-4-18-8-19(50)9-26(45(18,22)3)67-43-38(35(25(52)13-63-43)68-41-33(57)31(55)24(51)12-62-41)70-42-34(58)37(30(54)17(2)66-42)69-44-40(60)46(61,14-49)15-64-44/h4,16-17,19-20,22-26,28-31,33-44,48-55,57-61H,5-15H2,1-3H3/t16-,17?,19+,20+,22-,23-,24+,25-,26+,28-,29+,30?,31-,33+,34?,35-,36+,37?,38+,39-,40-,41-,42?,43-,44-,45-,46+,47-/m0/s1. The summed E-state index contributed by atoms with van der Waals surface area (Å²) in [7, 11) is 0. The number of carbonyl (C=O) groups excluding carboxylic acids is 1. The first-order chi connectivity index (χ1) is 33.7. The van der Waals surface area contributed by atoms with Gasteiger partial charge in [-0.1, -0.05) is 31.1 Å². The van der Waals surface area contributed by atoms with E-state index in [2.05, 4.69) is 0 Å². The summed E-state index contributed by atoms with van der Waals surface area (Å²) in [6, 6.07) is 0. The maximum atomic E-state index is 14.7. The summed E-state index contributed by atoms with van der Waals surface area (Å²) in [5.74, 6) is -4.60. The van der Waals surface area contributed by atoms with Crippen LogP contribution in [0.3, 0.4) is 0 Å². The molecule has 71 heavy (non-hydrogen) atoms. The molecule has 24 heteroatoms. The summed E-state index contributed by atoms with van der Waals surface area (Å²) in [6.07, 6.45) is -26.3. The molecule has 28 atom stereocenters. The van der Waals surface area contributed by atoms with Crippen molar-refractivity contribution in [1.29, 1.82) is 0 Å². The van der Waals surface area contributed by atoms with Gasteiger partial charge in [-0.2, -0.15) is 0 Å². The van der Waals surface area contributed by atoms with Crippen LogP contribution in [-0.4, -0.2) is 246 Å². The Labute approximate surface area is 408 Å². The van der Waals surface area contributed by atoms with Gasteiger partial charge in [-0.05, 0) is 44.4 Å². The average molecular weight is 1020 g/mol. The topological polar surface area (TPSA) is 372 Å². The maximum absolute atomic E-state index is 14.7. The van der Waals surface area contributed by atoms with Crippen LogP contribution in [0.25, 0.3) is 0 Å². The van der Waals surface area contributed by atoms with E-state index in [1.54, 1.807) is 6.92 Å². The highest BCUT2D eigenvalue weighted by Gasteiger charge is 2.69. The van der Waals surface area contributed by atoms with E-state index in [1.807, 2.05) is 13.0 Å². The molecular formula is C47H70O24. The van der Waals surface area contributed by atoms with Crippen LogP contribution in [0.1, 0.15) is 52.9 Å². The van der Waals surface area contributed by atoms with Crippen molar-refractivity contribution < 1.29 is 119 Å². The Balaban J connectivity index is 0.948. The van der Waals surface area contributed by atoms with Crippen molar-refractivity contribution in [3.63, 3.8) is 0 Å². The maximum Gasteiger partial charge on any atom is 0.203 e. The Bertz CT molecular complexity index is 2030. The molecule has 0 aromatic heterocycles. The van der Waals surface area contributed by atoms with Gasteiger partial charge in [0.1, 0.15) is 78.8 Å². The number of hydrogen-bond acceptors (Lipinski definition) is 24. The van der Waals surface area contributed by atoms with Crippen molar-refractivity contribution in [2.45, 2.75) is 187 Å². The van der Waals surface area contributed by atoms with Crippen molar-refractivity contribution >= 4 is 5.78 Å². The van der Waals surface area contributed by atoms with E-state index in [4.69, 9.17) is 47.4 Å². The largest absolute Gasteiger partial charge is 0.396 e. The van der Waals surface area contributed by atoms with Crippen molar-refractivity contribution in [2.75, 3.05) is 39.6 Å². The Morgan fingerprint density at radius 2 is 1.45 bits per heavy atom. The van der Waals surface area contributed by atoms with Crippen molar-refractivity contribution in [2.24, 2.45) is 35.0 Å². The number of aliphatic hydroxyl groups is 13. The zero-order chi connectivity index (χ0) is 50.8. The molecule has 10 rings (SSSR count). The van der Waals surface area contributed by atoms with Crippen LogP contribution in [0.4, 0.5) is 0 Å². The minimum Gasteiger partial charge on any atom is -0.396 e. The lowest BCUT2D eigenvalue weighted by atomic mass is 9.51. The summed E-state index contributed by atoms with van der Waals surface area (Å²) < 4.78 is 61.0. The Hall–Kier alpha value is -1.77. The molecule has 0 radical (unpaired) electrons. The number of Topliss-reactive ketones (excluding diaryl/α,β-unsaturated/α-hetero) is 1. The van der Waals surface area contributed by atoms with Crippen LogP contribution in [0.2, 0.25) is 0 Å². The average Bonchev–Trinajstić information content (AvgIpc) is 3.94. The third-order valence-corrected chi connectivity index (χ3v) is 17.6. The molecule has 0 aromatic rings. The second-order valence-corrected chi connectivity index (χ2v) is 21.7. The van der Waals surface area contributed by atoms with Crippen molar-refractivity contribution in [3.05, 3.63) is 22.8 Å². The normalized spacial score (nSPS) is 55.2. The zero-order valence-corrected chi connectivity index (χ0v) is 39.6. The van der Waals surface area contributed by atoms with E-state index >= 15 is 0 Å². The van der Waals surface area contributed by atoms with Crippen LogP contribution >= 0.6 is 0 Å². The van der Waals surface area contributed by atoms with E-state index in [1.165, 1.54) is 6.92 Å². The number of carbonyl (C=O) groups is 1. The fourth-order valence-electron chi connectivity index (χ4n) is 13.4. The zero-order valence-electron chi connectivity index (χ0n) is 39.6. The predicted molar refractivity (Wildman–Crippen MR) is 230 cm³/mol. The van der Waals surface area contributed by atoms with Gasteiger partial charge in [0.05, 0.1) is 64.1 Å². The number of allylic oxidation sites excluding steroid dienone is 1. The van der Waals surface area contributed by atoms with Crippen LogP contribution in [0, 0.1) is 35.0 Å². The number of aliphatic hydroxyl groups excluding tert-OH is 12. The third-order valence-electron chi connectivity index (χ3n) is 17.6. The molecule has 13 N–H and O–H groups in total. The molecular weight excluding hydrogens is 948 g/mol. The number of ether oxygens (including phenoxy) is 10. The summed E-state index contributed by atoms with van der Waals surface area (Å²) in [5.41, 5.74) is -0.758. The summed E-state index contributed by atoms with van der Waals surface area (Å²) in [5, 5.41) is 142. The van der Waals surface area contributed by atoms with E-state index in [9.17, 15) is 71.2 Å². The van der Waals surface area contributed by atoms with Gasteiger partial charge in [-0.3, -0.25) is 4.79 Å². The molecule has 5 unspecified atom stereocenters. The number of rotatable bonds is 10. The molecule has 24 nitrogen and oxygen atoms in total. The third kappa shape index (κ3) is 8.45. The molecule has 0 bridgehead atoms. The molecule has 402 valence electrons. The van der Waals surface area contributed by atoms with Gasteiger partial charge in [0, 0.05) is 35.2 Å². The van der Waals surface area contributed by atoms with Crippen LogP contribution in [0.5, 0.6) is 0 Å². The monoisotopic (exact) mass is 1020 g/mol. The van der Waals surface area contributed by atoms with Gasteiger partial charge in [0.15, 0.2) is 30.9 Å². The van der Waals surface area contributed by atoms with E-state index < -0.39 is 190 Å². The fraction of sp³-hybridized carbons (Fsp3) is 0.894. The lowest BCUT2D eigenvalue weighted by Crippen LogP contribution is -2.65. The second-order valence-electron chi connectivity index (χ2n) is 21.7. The minimum absolute atomic E-state index is 0.0501. The number of ketones is 1. The molecule has 6 heterocycles. The Kier molecular flexibility index (Phi) is 14.6. The lowest BCUT2D eigenvalue weighted by Gasteiger charge is -2.57. The van der Waals surface area contributed by atoms with Gasteiger partial charge in [0.25, 0.3) is 0 Å². The SMILES string of the molecule is CC1OC(O[C@H]2[C@H](O[C@@H]3C[C@H](O)CC4=CC[C@H]5C6=C(CC[C@@H]5[C@]43C)[C@@H]3[C@@H](O[C@@]4(OC[C@H](C)[C@@H](O)[C@@H]4O)[C@H]3CO)C6=O)OC[C@H](O)[C@@H]2O[C@@H]2OC[C@@H](O)[C@H](O)[C@H]2O)C(O)C(O[C@@H]2OC[C@](O)(CO)[C@H]2O)C1O. The first-order valence-corrected chi connectivity index (χ1v) is 24.8. The molecule has 7 fully saturated rings. The molecule has 1 spiro atoms. The lowest BCUT2D eigenvalue weighted by molar-refractivity contribution is -0.387. The molecule has 6 aliphatic heterocycles. The van der Waals surface area contributed by atoms with Gasteiger partial charge in [-0.25, -0.2) is 0 Å². The first-order valence-electron chi connectivity index (χ1n) is 24.8. The highest BCUT2D eigenvalue weighted by molar-refractivity contribution is 6.04. The molecule has 10 aliphatic rings. The Morgan fingerprint density at radius 1 is 0.746 bits per heavy atom. The summed E-state index contributed by atoms with van der Waals surface area (Å²) in [6.45, 7) is 2.37. The van der Waals surface area contributed by atoms with Gasteiger partial charge >= 0.3 is 0 Å². The Morgan fingerprint density at radius 3 is 2.17 bits per heavy atom. The van der Waals surface area contributed by atoms with Crippen LogP contribution < -0.4 is 0 Å². The quantitative estimate of drug-likeness (QED) is 0.0909. The van der Waals surface area contributed by atoms with Crippen molar-refractivity contribution in [3.8, 4) is 0 Å². The fourth-order valence-corrected chi connectivity index (χ4v) is 13.4. The summed E-state index contributed by atoms with van der Waals surface area (Å²) in [4.78, 5) is 14.7. The second kappa shape index (κ2) is 19.7. The number of hydrogen-bond donors (Lipinski definition) is 13.